The summed E-state index contributed by atoms with van der Waals surface area (Å²) in [6.07, 6.45) is 0. The smallest absolute Gasteiger partial charge is 0.121 e. The fraction of sp³-hybridized carbons (Fsp3) is 0.250. The van der Waals surface area contributed by atoms with Gasteiger partial charge in [-0.25, -0.2) is 4.63 Å². The van der Waals surface area contributed by atoms with Crippen LogP contribution in [0, 0.1) is 18.3 Å². The second kappa shape index (κ2) is 5.23. The van der Waals surface area contributed by atoms with E-state index in [0.29, 0.717) is 18.7 Å². The number of rotatable bonds is 4. The molecule has 0 aliphatic rings. The van der Waals surface area contributed by atoms with Crippen molar-refractivity contribution in [2.45, 2.75) is 20.0 Å². The average Bonchev–Trinajstić information content (AvgIpc) is 2.76. The van der Waals surface area contributed by atoms with E-state index in [0.717, 1.165) is 17.0 Å². The number of hydrogen-bond donors (Lipinski definition) is 1. The standard InChI is InChI=1S/C12H12N4O/c1-9-12(16-17-15-9)8-14-7-11-4-2-3-10(5-11)6-13/h2-5,14H,7-8H2,1H3. The van der Waals surface area contributed by atoms with Crippen LogP contribution < -0.4 is 5.32 Å². The van der Waals surface area contributed by atoms with Crippen LogP contribution in [0.5, 0.6) is 0 Å². The number of aromatic nitrogens is 2. The Morgan fingerprint density at radius 3 is 2.94 bits per heavy atom. The molecule has 0 aliphatic carbocycles. The molecule has 1 heterocycles. The topological polar surface area (TPSA) is 74.7 Å². The van der Waals surface area contributed by atoms with E-state index in [2.05, 4.69) is 26.3 Å². The summed E-state index contributed by atoms with van der Waals surface area (Å²) in [6, 6.07) is 9.61. The summed E-state index contributed by atoms with van der Waals surface area (Å²) >= 11 is 0. The monoisotopic (exact) mass is 228 g/mol. The molecule has 0 aliphatic heterocycles. The Morgan fingerprint density at radius 1 is 1.35 bits per heavy atom. The van der Waals surface area contributed by atoms with Crippen LogP contribution >= 0.6 is 0 Å². The first kappa shape index (κ1) is 11.3. The summed E-state index contributed by atoms with van der Waals surface area (Å²) in [5.41, 5.74) is 3.34. The molecule has 0 bridgehead atoms. The van der Waals surface area contributed by atoms with Crippen LogP contribution in [-0.4, -0.2) is 10.3 Å². The average molecular weight is 228 g/mol. The maximum atomic E-state index is 8.77. The van der Waals surface area contributed by atoms with Crippen LogP contribution in [0.2, 0.25) is 0 Å². The van der Waals surface area contributed by atoms with E-state index in [1.165, 1.54) is 0 Å². The third kappa shape index (κ3) is 2.89. The zero-order chi connectivity index (χ0) is 12.1. The van der Waals surface area contributed by atoms with E-state index in [1.54, 1.807) is 6.07 Å². The Morgan fingerprint density at radius 2 is 2.24 bits per heavy atom. The minimum Gasteiger partial charge on any atom is -0.307 e. The van der Waals surface area contributed by atoms with Gasteiger partial charge in [-0.1, -0.05) is 22.4 Å². The van der Waals surface area contributed by atoms with Crippen molar-refractivity contribution in [3.63, 3.8) is 0 Å². The van der Waals surface area contributed by atoms with Crippen molar-refractivity contribution in [1.29, 1.82) is 5.26 Å². The number of nitriles is 1. The highest BCUT2D eigenvalue weighted by Crippen LogP contribution is 2.05. The van der Waals surface area contributed by atoms with Crippen molar-refractivity contribution in [3.05, 3.63) is 46.8 Å². The lowest BCUT2D eigenvalue weighted by Crippen LogP contribution is -2.13. The summed E-state index contributed by atoms with van der Waals surface area (Å²) < 4.78 is 4.60. The fourth-order valence-electron chi connectivity index (χ4n) is 1.49. The third-order valence-corrected chi connectivity index (χ3v) is 2.42. The molecule has 1 aromatic carbocycles. The fourth-order valence-corrected chi connectivity index (χ4v) is 1.49. The van der Waals surface area contributed by atoms with Gasteiger partial charge in [0.2, 0.25) is 0 Å². The highest BCUT2D eigenvalue weighted by atomic mass is 16.6. The minimum absolute atomic E-state index is 0.603. The van der Waals surface area contributed by atoms with E-state index in [1.807, 2.05) is 25.1 Å². The SMILES string of the molecule is Cc1nonc1CNCc1cccc(C#N)c1. The van der Waals surface area contributed by atoms with E-state index >= 15 is 0 Å². The lowest BCUT2D eigenvalue weighted by atomic mass is 10.1. The maximum absolute atomic E-state index is 8.77. The van der Waals surface area contributed by atoms with Gasteiger partial charge in [0.15, 0.2) is 0 Å². The molecule has 0 amide bonds. The Kier molecular flexibility index (Phi) is 3.48. The Hall–Kier alpha value is -2.19. The quantitative estimate of drug-likeness (QED) is 0.859. The van der Waals surface area contributed by atoms with Crippen molar-refractivity contribution in [3.8, 4) is 6.07 Å². The molecule has 0 fully saturated rings. The second-order valence-electron chi connectivity index (χ2n) is 3.71. The van der Waals surface area contributed by atoms with Gasteiger partial charge in [0.1, 0.15) is 11.4 Å². The molecule has 5 heteroatoms. The minimum atomic E-state index is 0.603. The first-order valence-electron chi connectivity index (χ1n) is 5.27. The highest BCUT2D eigenvalue weighted by molar-refractivity contribution is 5.32. The van der Waals surface area contributed by atoms with Gasteiger partial charge in [0, 0.05) is 13.1 Å². The maximum Gasteiger partial charge on any atom is 0.121 e. The molecule has 1 N–H and O–H groups in total. The zero-order valence-corrected chi connectivity index (χ0v) is 9.47. The molecule has 0 saturated heterocycles. The summed E-state index contributed by atoms with van der Waals surface area (Å²) in [5.74, 6) is 0. The number of nitrogens with zero attached hydrogens (tertiary/aromatic N) is 3. The predicted molar refractivity (Wildman–Crippen MR) is 60.7 cm³/mol. The van der Waals surface area contributed by atoms with Crippen molar-refractivity contribution in [2.24, 2.45) is 0 Å². The van der Waals surface area contributed by atoms with Crippen LogP contribution in [0.15, 0.2) is 28.9 Å². The normalized spacial score (nSPS) is 10.1. The highest BCUT2D eigenvalue weighted by Gasteiger charge is 2.03. The van der Waals surface area contributed by atoms with Gasteiger partial charge in [0.25, 0.3) is 0 Å². The van der Waals surface area contributed by atoms with Crippen LogP contribution in [0.3, 0.4) is 0 Å². The van der Waals surface area contributed by atoms with Gasteiger partial charge in [-0.05, 0) is 24.6 Å². The van der Waals surface area contributed by atoms with E-state index in [9.17, 15) is 0 Å². The number of nitrogens with one attached hydrogen (secondary N) is 1. The molecule has 17 heavy (non-hydrogen) atoms. The lowest BCUT2D eigenvalue weighted by Gasteiger charge is -2.03. The first-order chi connectivity index (χ1) is 8.29. The Bertz CT molecular complexity index is 541. The summed E-state index contributed by atoms with van der Waals surface area (Å²) in [4.78, 5) is 0. The van der Waals surface area contributed by atoms with Gasteiger partial charge in [0.05, 0.1) is 11.6 Å². The number of aryl methyl sites for hydroxylation is 1. The summed E-state index contributed by atoms with van der Waals surface area (Å²) in [5, 5.41) is 19.5. The molecule has 0 radical (unpaired) electrons. The van der Waals surface area contributed by atoms with Crippen molar-refractivity contribution in [2.75, 3.05) is 0 Å². The van der Waals surface area contributed by atoms with Crippen LogP contribution in [0.4, 0.5) is 0 Å². The van der Waals surface area contributed by atoms with Gasteiger partial charge in [-0.15, -0.1) is 0 Å². The van der Waals surface area contributed by atoms with Crippen LogP contribution in [0.25, 0.3) is 0 Å². The van der Waals surface area contributed by atoms with E-state index in [4.69, 9.17) is 5.26 Å². The summed E-state index contributed by atoms with van der Waals surface area (Å²) in [6.45, 7) is 3.14. The second-order valence-corrected chi connectivity index (χ2v) is 3.71. The molecule has 2 rings (SSSR count). The predicted octanol–water partition coefficient (Wildman–Crippen LogP) is 1.54. The molecule has 2 aromatic rings. The zero-order valence-electron chi connectivity index (χ0n) is 9.47. The lowest BCUT2D eigenvalue weighted by molar-refractivity contribution is 0.300. The van der Waals surface area contributed by atoms with Crippen LogP contribution in [0.1, 0.15) is 22.5 Å². The van der Waals surface area contributed by atoms with Gasteiger partial charge >= 0.3 is 0 Å². The van der Waals surface area contributed by atoms with E-state index < -0.39 is 0 Å². The molecular weight excluding hydrogens is 216 g/mol. The molecule has 5 nitrogen and oxygen atoms in total. The van der Waals surface area contributed by atoms with E-state index in [-0.39, 0.29) is 0 Å². The number of hydrogen-bond acceptors (Lipinski definition) is 5. The Balaban J connectivity index is 1.90. The molecule has 1 aromatic heterocycles. The van der Waals surface area contributed by atoms with Gasteiger partial charge < -0.3 is 5.32 Å². The summed E-state index contributed by atoms with van der Waals surface area (Å²) in [7, 11) is 0. The number of benzene rings is 1. The van der Waals surface area contributed by atoms with Crippen LogP contribution in [-0.2, 0) is 13.1 Å². The van der Waals surface area contributed by atoms with Gasteiger partial charge in [-0.2, -0.15) is 5.26 Å². The van der Waals surface area contributed by atoms with Gasteiger partial charge in [-0.3, -0.25) is 0 Å². The molecule has 0 spiro atoms. The van der Waals surface area contributed by atoms with Crippen molar-refractivity contribution >= 4 is 0 Å². The first-order valence-corrected chi connectivity index (χ1v) is 5.27. The largest absolute Gasteiger partial charge is 0.307 e. The molecule has 0 saturated carbocycles. The molecular formula is C12H12N4O. The molecule has 0 unspecified atom stereocenters. The molecule has 86 valence electrons. The molecule has 0 atom stereocenters. The van der Waals surface area contributed by atoms with Crippen molar-refractivity contribution in [1.82, 2.24) is 15.6 Å². The third-order valence-electron chi connectivity index (χ3n) is 2.42. The Labute approximate surface area is 99.0 Å². The van der Waals surface area contributed by atoms with Crippen molar-refractivity contribution < 1.29 is 4.63 Å².